The van der Waals surface area contributed by atoms with Gasteiger partial charge in [0.2, 0.25) is 0 Å². The maximum atomic E-state index is 13.4. The van der Waals surface area contributed by atoms with Crippen LogP contribution < -0.4 is 0 Å². The van der Waals surface area contributed by atoms with E-state index < -0.39 is 16.8 Å². The van der Waals surface area contributed by atoms with Crippen molar-refractivity contribution < 1.29 is 19.2 Å². The number of ether oxygens (including phenoxy) is 1. The zero-order valence-electron chi connectivity index (χ0n) is 18.5. The number of hydrogen-bond acceptors (Lipinski definition) is 6. The molecule has 0 N–H and O–H groups in total. The Kier molecular flexibility index (Phi) is 4.67. The predicted molar refractivity (Wildman–Crippen MR) is 123 cm³/mol. The van der Waals surface area contributed by atoms with Gasteiger partial charge in [-0.15, -0.1) is 0 Å². The number of carbonyl (C=O) groups is 2. The number of esters is 1. The van der Waals surface area contributed by atoms with Crippen molar-refractivity contribution in [3.05, 3.63) is 92.2 Å². The smallest absolute Gasteiger partial charge is 0.308 e. The van der Waals surface area contributed by atoms with Crippen molar-refractivity contribution in [1.29, 1.82) is 0 Å². The van der Waals surface area contributed by atoms with Gasteiger partial charge < -0.3 is 4.74 Å². The highest BCUT2D eigenvalue weighted by Crippen LogP contribution is 2.52. The van der Waals surface area contributed by atoms with Crippen LogP contribution >= 0.6 is 0 Å². The summed E-state index contributed by atoms with van der Waals surface area (Å²) in [4.78, 5) is 41.2. The molecule has 7 nitrogen and oxygen atoms in total. The van der Waals surface area contributed by atoms with Crippen LogP contribution in [-0.2, 0) is 14.3 Å². The van der Waals surface area contributed by atoms with E-state index in [1.54, 1.807) is 12.1 Å². The van der Waals surface area contributed by atoms with Gasteiger partial charge in [0.15, 0.2) is 5.78 Å². The number of rotatable bonds is 3. The molecular formula is C26H22N2O5. The summed E-state index contributed by atoms with van der Waals surface area (Å²) >= 11 is 0. The van der Waals surface area contributed by atoms with Gasteiger partial charge in [-0.25, -0.2) is 0 Å². The van der Waals surface area contributed by atoms with Crippen LogP contribution in [-0.4, -0.2) is 22.4 Å². The fraction of sp³-hybridized carbons (Fsp3) is 0.269. The maximum absolute atomic E-state index is 13.4. The van der Waals surface area contributed by atoms with E-state index >= 15 is 0 Å². The normalized spacial score (nSPS) is 20.6. The zero-order valence-corrected chi connectivity index (χ0v) is 18.5. The van der Waals surface area contributed by atoms with Crippen molar-refractivity contribution in [3.8, 4) is 0 Å². The quantitative estimate of drug-likeness (QED) is 0.374. The summed E-state index contributed by atoms with van der Waals surface area (Å²) in [6, 6.07) is 13.8. The van der Waals surface area contributed by atoms with E-state index in [1.807, 2.05) is 38.1 Å². The minimum Gasteiger partial charge on any atom is -0.426 e. The fourth-order valence-corrected chi connectivity index (χ4v) is 5.06. The molecule has 1 aliphatic heterocycles. The second-order valence-corrected chi connectivity index (χ2v) is 9.43. The van der Waals surface area contributed by atoms with E-state index in [0.717, 1.165) is 22.4 Å². The molecule has 1 unspecified atom stereocenters. The molecule has 1 heterocycles. The molecule has 0 amide bonds. The summed E-state index contributed by atoms with van der Waals surface area (Å²) in [5.74, 6) is -0.604. The average Bonchev–Trinajstić information content (AvgIpc) is 3.04. The molecule has 7 heteroatoms. The lowest BCUT2D eigenvalue weighted by atomic mass is 9.68. The van der Waals surface area contributed by atoms with Gasteiger partial charge in [0.05, 0.1) is 10.6 Å². The van der Waals surface area contributed by atoms with E-state index in [0.29, 0.717) is 35.5 Å². The van der Waals surface area contributed by atoms with Crippen LogP contribution in [0.15, 0.2) is 70.4 Å². The topological polar surface area (TPSA) is 98.9 Å². The Hall–Kier alpha value is -3.87. The largest absolute Gasteiger partial charge is 0.426 e. The number of allylic oxidation sites excluding steroid dienone is 3. The molecule has 0 aromatic heterocycles. The molecule has 0 bridgehead atoms. The fourth-order valence-electron chi connectivity index (χ4n) is 5.06. The van der Waals surface area contributed by atoms with Gasteiger partial charge in [0, 0.05) is 59.4 Å². The van der Waals surface area contributed by atoms with E-state index in [-0.39, 0.29) is 16.9 Å². The lowest BCUT2D eigenvalue weighted by molar-refractivity contribution is -0.384. The van der Waals surface area contributed by atoms with Crippen LogP contribution in [0, 0.1) is 15.5 Å². The molecular weight excluding hydrogens is 420 g/mol. The van der Waals surface area contributed by atoms with Crippen LogP contribution in [0.25, 0.3) is 5.76 Å². The number of nitro groups is 1. The third-order valence-corrected chi connectivity index (χ3v) is 6.33. The standard InChI is InChI=1S/C26H22N2O5/c1-14(29)33-25-18-7-5-4-6-17(18)24-23(25)21(15-8-10-16(11-9-15)28(31)32)22-19(27-24)12-26(2,3)13-20(22)30/h4-11,21H,12-13H2,1-3H3. The molecule has 2 aromatic rings. The Morgan fingerprint density at radius 2 is 1.73 bits per heavy atom. The molecule has 0 fully saturated rings. The SMILES string of the molecule is CC(=O)OC1=C2C(=NC3=C(C(=O)CC(C)(C)C3)C2c2ccc([N+](=O)[O-])cc2)c2ccccc21. The average molecular weight is 442 g/mol. The van der Waals surface area contributed by atoms with Gasteiger partial charge in [-0.1, -0.05) is 50.2 Å². The summed E-state index contributed by atoms with van der Waals surface area (Å²) < 4.78 is 5.69. The molecule has 0 saturated heterocycles. The highest BCUT2D eigenvalue weighted by atomic mass is 16.6. The molecule has 0 radical (unpaired) electrons. The van der Waals surface area contributed by atoms with E-state index in [1.165, 1.54) is 19.1 Å². The van der Waals surface area contributed by atoms with Gasteiger partial charge in [0.25, 0.3) is 5.69 Å². The molecule has 2 aromatic carbocycles. The van der Waals surface area contributed by atoms with Crippen molar-refractivity contribution in [3.63, 3.8) is 0 Å². The van der Waals surface area contributed by atoms with Crippen molar-refractivity contribution >= 4 is 28.9 Å². The van der Waals surface area contributed by atoms with Crippen LogP contribution in [0.4, 0.5) is 5.69 Å². The Morgan fingerprint density at radius 1 is 1.06 bits per heavy atom. The first-order chi connectivity index (χ1) is 15.7. The molecule has 33 heavy (non-hydrogen) atoms. The van der Waals surface area contributed by atoms with Gasteiger partial charge in [-0.2, -0.15) is 0 Å². The molecule has 3 aliphatic rings. The second kappa shape index (κ2) is 7.33. The van der Waals surface area contributed by atoms with Crippen molar-refractivity contribution in [2.75, 3.05) is 0 Å². The van der Waals surface area contributed by atoms with Crippen LogP contribution in [0.1, 0.15) is 56.2 Å². The molecule has 0 saturated carbocycles. The zero-order chi connectivity index (χ0) is 23.5. The third-order valence-electron chi connectivity index (χ3n) is 6.33. The summed E-state index contributed by atoms with van der Waals surface area (Å²) in [6.07, 6.45) is 1.02. The molecule has 0 spiro atoms. The number of hydrogen-bond donors (Lipinski definition) is 0. The summed E-state index contributed by atoms with van der Waals surface area (Å²) in [7, 11) is 0. The number of carbonyl (C=O) groups excluding carboxylic acids is 2. The molecule has 166 valence electrons. The number of non-ortho nitro benzene ring substituents is 1. The lowest BCUT2D eigenvalue weighted by Gasteiger charge is -2.37. The molecule has 5 rings (SSSR count). The molecule has 1 atom stereocenters. The highest BCUT2D eigenvalue weighted by molar-refractivity contribution is 6.26. The van der Waals surface area contributed by atoms with Crippen LogP contribution in [0.5, 0.6) is 0 Å². The first-order valence-corrected chi connectivity index (χ1v) is 10.8. The lowest BCUT2D eigenvalue weighted by Crippen LogP contribution is -2.32. The predicted octanol–water partition coefficient (Wildman–Crippen LogP) is 5.11. The number of fused-ring (bicyclic) bond motifs is 3. The van der Waals surface area contributed by atoms with Crippen molar-refractivity contribution in [1.82, 2.24) is 0 Å². The minimum absolute atomic E-state index is 0.00182. The second-order valence-electron chi connectivity index (χ2n) is 9.43. The monoisotopic (exact) mass is 442 g/mol. The van der Waals surface area contributed by atoms with Gasteiger partial charge >= 0.3 is 5.97 Å². The van der Waals surface area contributed by atoms with Crippen LogP contribution in [0.3, 0.4) is 0 Å². The van der Waals surface area contributed by atoms with E-state index in [4.69, 9.17) is 9.73 Å². The Labute approximate surface area is 190 Å². The minimum atomic E-state index is -0.529. The van der Waals surface area contributed by atoms with Crippen LogP contribution in [0.2, 0.25) is 0 Å². The summed E-state index contributed by atoms with van der Waals surface area (Å²) in [5.41, 5.74) is 4.73. The summed E-state index contributed by atoms with van der Waals surface area (Å²) in [6.45, 7) is 5.44. The van der Waals surface area contributed by atoms with E-state index in [2.05, 4.69) is 0 Å². The van der Waals surface area contributed by atoms with Gasteiger partial charge in [-0.05, 0) is 17.4 Å². The van der Waals surface area contributed by atoms with Gasteiger partial charge in [-0.3, -0.25) is 24.7 Å². The third kappa shape index (κ3) is 3.40. The maximum Gasteiger partial charge on any atom is 0.308 e. The highest BCUT2D eigenvalue weighted by Gasteiger charge is 2.46. The Morgan fingerprint density at radius 3 is 2.36 bits per heavy atom. The summed E-state index contributed by atoms with van der Waals surface area (Å²) in [5, 5.41) is 11.2. The number of Topliss-reactive ketones (excluding diaryl/α,β-unsaturated/α-hetero) is 1. The Bertz CT molecular complexity index is 1330. The number of aliphatic imine (C=N–C) groups is 1. The van der Waals surface area contributed by atoms with Crippen molar-refractivity contribution in [2.24, 2.45) is 10.4 Å². The first-order valence-electron chi connectivity index (χ1n) is 10.8. The number of nitrogens with zero attached hydrogens (tertiary/aromatic N) is 2. The Balaban J connectivity index is 1.79. The number of nitro benzene ring substituents is 1. The number of ketones is 1. The number of benzene rings is 2. The van der Waals surface area contributed by atoms with Gasteiger partial charge in [0.1, 0.15) is 5.76 Å². The first kappa shape index (κ1) is 21.0. The molecule has 2 aliphatic carbocycles. The van der Waals surface area contributed by atoms with E-state index in [9.17, 15) is 19.7 Å². The van der Waals surface area contributed by atoms with Crippen molar-refractivity contribution in [2.45, 2.75) is 39.5 Å².